The van der Waals surface area contributed by atoms with Gasteiger partial charge >= 0.3 is 0 Å². The van der Waals surface area contributed by atoms with Crippen molar-refractivity contribution in [2.45, 2.75) is 38.6 Å². The molecule has 0 amide bonds. The molecule has 1 aliphatic carbocycles. The van der Waals surface area contributed by atoms with Gasteiger partial charge in [0.2, 0.25) is 0 Å². The van der Waals surface area contributed by atoms with E-state index in [-0.39, 0.29) is 6.04 Å². The molecule has 4 rings (SSSR count). The molecule has 138 valence electrons. The Balaban J connectivity index is 1.80. The summed E-state index contributed by atoms with van der Waals surface area (Å²) in [6.45, 7) is 1.96. The number of methoxy groups -OCH3 is 1. The normalized spacial score (nSPS) is 14.3. The van der Waals surface area contributed by atoms with Gasteiger partial charge in [-0.05, 0) is 50.8 Å². The molecule has 1 aliphatic rings. The Morgan fingerprint density at radius 2 is 1.81 bits per heavy atom. The van der Waals surface area contributed by atoms with E-state index in [4.69, 9.17) is 9.72 Å². The summed E-state index contributed by atoms with van der Waals surface area (Å²) in [4.78, 5) is 14.0. The van der Waals surface area contributed by atoms with Gasteiger partial charge in [-0.2, -0.15) is 0 Å². The molecule has 27 heavy (non-hydrogen) atoms. The minimum absolute atomic E-state index is 0.150. The van der Waals surface area contributed by atoms with E-state index in [2.05, 4.69) is 21.4 Å². The summed E-state index contributed by atoms with van der Waals surface area (Å²) in [5, 5.41) is 3.66. The lowest BCUT2D eigenvalue weighted by Gasteiger charge is -2.25. The number of aryl methyl sites for hydroxylation is 2. The zero-order chi connectivity index (χ0) is 18.6. The van der Waals surface area contributed by atoms with Crippen LogP contribution in [0.3, 0.4) is 0 Å². The number of ether oxygens (including phenoxy) is 1. The van der Waals surface area contributed by atoms with E-state index in [1.807, 2.05) is 49.5 Å². The van der Waals surface area contributed by atoms with Gasteiger partial charge in [0.15, 0.2) is 0 Å². The molecule has 0 spiro atoms. The second kappa shape index (κ2) is 7.74. The molecule has 0 fully saturated rings. The monoisotopic (exact) mass is 360 g/mol. The number of benzene rings is 1. The standard InChI is InChI=1S/C22H24N4O/c1-15-24-18-11-5-3-9-16(18)22(25-15)26-21(19-12-7-8-14-23-19)17-10-4-6-13-20(17)27-2/h4,6-8,10,12-14,21H,3,5,9,11H2,1-2H3,(H,24,25,26). The van der Waals surface area contributed by atoms with Crippen molar-refractivity contribution in [1.82, 2.24) is 15.0 Å². The first-order chi connectivity index (χ1) is 13.3. The number of pyridine rings is 1. The van der Waals surface area contributed by atoms with Gasteiger partial charge in [0.1, 0.15) is 17.4 Å². The average Bonchev–Trinajstić information content (AvgIpc) is 2.72. The van der Waals surface area contributed by atoms with Crippen LogP contribution in [0.15, 0.2) is 48.7 Å². The second-order valence-corrected chi connectivity index (χ2v) is 6.83. The number of rotatable bonds is 5. The molecule has 0 saturated heterocycles. The summed E-state index contributed by atoms with van der Waals surface area (Å²) in [5.41, 5.74) is 4.39. The van der Waals surface area contributed by atoms with Crippen molar-refractivity contribution in [2.24, 2.45) is 0 Å². The van der Waals surface area contributed by atoms with Crippen LogP contribution in [-0.2, 0) is 12.8 Å². The molecule has 3 aromatic rings. The molecule has 2 heterocycles. The summed E-state index contributed by atoms with van der Waals surface area (Å²) in [5.74, 6) is 2.55. The van der Waals surface area contributed by atoms with Crippen LogP contribution < -0.4 is 10.1 Å². The molecule has 0 aliphatic heterocycles. The van der Waals surface area contributed by atoms with Crippen molar-refractivity contribution in [1.29, 1.82) is 0 Å². The highest BCUT2D eigenvalue weighted by Gasteiger charge is 2.23. The van der Waals surface area contributed by atoms with Crippen molar-refractivity contribution >= 4 is 5.82 Å². The molecule has 5 nitrogen and oxygen atoms in total. The SMILES string of the molecule is COc1ccccc1C(Nc1nc(C)nc2c1CCCC2)c1ccccn1. The Morgan fingerprint density at radius 3 is 2.63 bits per heavy atom. The minimum Gasteiger partial charge on any atom is -0.496 e. The highest BCUT2D eigenvalue weighted by Crippen LogP contribution is 2.34. The lowest BCUT2D eigenvalue weighted by atomic mass is 9.95. The Bertz CT molecular complexity index is 927. The fourth-order valence-corrected chi connectivity index (χ4v) is 3.74. The highest BCUT2D eigenvalue weighted by molar-refractivity contribution is 5.53. The Labute approximate surface area is 159 Å². The third-order valence-corrected chi connectivity index (χ3v) is 5.01. The summed E-state index contributed by atoms with van der Waals surface area (Å²) in [7, 11) is 1.70. The number of fused-ring (bicyclic) bond motifs is 1. The second-order valence-electron chi connectivity index (χ2n) is 6.83. The molecular weight excluding hydrogens is 336 g/mol. The predicted molar refractivity (Wildman–Crippen MR) is 106 cm³/mol. The van der Waals surface area contributed by atoms with Gasteiger partial charge in [-0.3, -0.25) is 4.98 Å². The third-order valence-electron chi connectivity index (χ3n) is 5.01. The number of hydrogen-bond acceptors (Lipinski definition) is 5. The summed E-state index contributed by atoms with van der Waals surface area (Å²) in [6.07, 6.45) is 6.23. The first-order valence-electron chi connectivity index (χ1n) is 9.43. The molecular formula is C22H24N4O. The molecule has 1 N–H and O–H groups in total. The van der Waals surface area contributed by atoms with Gasteiger partial charge in [-0.25, -0.2) is 9.97 Å². The van der Waals surface area contributed by atoms with Crippen LogP contribution in [0, 0.1) is 6.92 Å². The van der Waals surface area contributed by atoms with Crippen molar-refractivity contribution in [3.63, 3.8) is 0 Å². The van der Waals surface area contributed by atoms with E-state index in [0.717, 1.165) is 41.5 Å². The topological polar surface area (TPSA) is 59.9 Å². The summed E-state index contributed by atoms with van der Waals surface area (Å²) < 4.78 is 5.62. The zero-order valence-electron chi connectivity index (χ0n) is 15.8. The van der Waals surface area contributed by atoms with Crippen LogP contribution in [0.25, 0.3) is 0 Å². The van der Waals surface area contributed by atoms with Crippen LogP contribution >= 0.6 is 0 Å². The lowest BCUT2D eigenvalue weighted by molar-refractivity contribution is 0.408. The number of aromatic nitrogens is 3. The quantitative estimate of drug-likeness (QED) is 0.736. The van der Waals surface area contributed by atoms with Gasteiger partial charge < -0.3 is 10.1 Å². The molecule has 0 radical (unpaired) electrons. The third kappa shape index (κ3) is 3.63. The smallest absolute Gasteiger partial charge is 0.133 e. The Kier molecular flexibility index (Phi) is 5.01. The summed E-state index contributed by atoms with van der Waals surface area (Å²) >= 11 is 0. The van der Waals surface area contributed by atoms with Crippen LogP contribution in [-0.4, -0.2) is 22.1 Å². The van der Waals surface area contributed by atoms with Crippen molar-refractivity contribution in [3.05, 3.63) is 77.0 Å². The van der Waals surface area contributed by atoms with E-state index in [9.17, 15) is 0 Å². The number of nitrogens with one attached hydrogen (secondary N) is 1. The van der Waals surface area contributed by atoms with Gasteiger partial charge in [-0.15, -0.1) is 0 Å². The number of nitrogens with zero attached hydrogens (tertiary/aromatic N) is 3. The molecule has 1 unspecified atom stereocenters. The van der Waals surface area contributed by atoms with Crippen molar-refractivity contribution in [3.8, 4) is 5.75 Å². The maximum atomic E-state index is 5.62. The minimum atomic E-state index is -0.150. The van der Waals surface area contributed by atoms with Gasteiger partial charge in [0.25, 0.3) is 0 Å². The van der Waals surface area contributed by atoms with Crippen LogP contribution in [0.1, 0.15) is 47.2 Å². The van der Waals surface area contributed by atoms with Gasteiger partial charge in [0, 0.05) is 23.0 Å². The van der Waals surface area contributed by atoms with Gasteiger partial charge in [-0.1, -0.05) is 24.3 Å². The molecule has 0 saturated carbocycles. The number of hydrogen-bond donors (Lipinski definition) is 1. The lowest BCUT2D eigenvalue weighted by Crippen LogP contribution is -2.19. The largest absolute Gasteiger partial charge is 0.496 e. The Hall–Kier alpha value is -2.95. The predicted octanol–water partition coefficient (Wildman–Crippen LogP) is 4.27. The van der Waals surface area contributed by atoms with E-state index < -0.39 is 0 Å². The maximum absolute atomic E-state index is 5.62. The summed E-state index contributed by atoms with van der Waals surface area (Å²) in [6, 6.07) is 13.9. The number of para-hydroxylation sites is 1. The molecule has 5 heteroatoms. The fourth-order valence-electron chi connectivity index (χ4n) is 3.74. The Morgan fingerprint density at radius 1 is 1.00 bits per heavy atom. The van der Waals surface area contributed by atoms with E-state index >= 15 is 0 Å². The van der Waals surface area contributed by atoms with Crippen molar-refractivity contribution in [2.75, 3.05) is 12.4 Å². The first kappa shape index (κ1) is 17.5. The molecule has 2 aromatic heterocycles. The first-order valence-corrected chi connectivity index (χ1v) is 9.43. The maximum Gasteiger partial charge on any atom is 0.133 e. The number of anilines is 1. The fraction of sp³-hybridized carbons (Fsp3) is 0.318. The highest BCUT2D eigenvalue weighted by atomic mass is 16.5. The average molecular weight is 360 g/mol. The van der Waals surface area contributed by atoms with Crippen molar-refractivity contribution < 1.29 is 4.74 Å². The molecule has 1 aromatic carbocycles. The molecule has 0 bridgehead atoms. The van der Waals surface area contributed by atoms with Gasteiger partial charge in [0.05, 0.1) is 18.8 Å². The van der Waals surface area contributed by atoms with Crippen LogP contribution in [0.2, 0.25) is 0 Å². The van der Waals surface area contributed by atoms with E-state index in [1.54, 1.807) is 7.11 Å². The van der Waals surface area contributed by atoms with E-state index in [0.29, 0.717) is 0 Å². The van der Waals surface area contributed by atoms with Crippen LogP contribution in [0.4, 0.5) is 5.82 Å². The zero-order valence-corrected chi connectivity index (χ0v) is 15.8. The molecule has 1 atom stereocenters. The van der Waals surface area contributed by atoms with E-state index in [1.165, 1.54) is 24.1 Å². The van der Waals surface area contributed by atoms with Crippen LogP contribution in [0.5, 0.6) is 5.75 Å².